The van der Waals surface area contributed by atoms with E-state index in [2.05, 4.69) is 31.3 Å². The first-order valence-corrected chi connectivity index (χ1v) is 5.76. The fourth-order valence-electron chi connectivity index (χ4n) is 1.23. The van der Waals surface area contributed by atoms with Gasteiger partial charge < -0.3 is 10.2 Å². The van der Waals surface area contributed by atoms with Gasteiger partial charge in [-0.25, -0.2) is 4.68 Å². The third-order valence-corrected chi connectivity index (χ3v) is 2.99. The molecule has 1 aromatic heterocycles. The lowest BCUT2D eigenvalue weighted by Gasteiger charge is -2.27. The second-order valence-corrected chi connectivity index (χ2v) is 5.56. The third kappa shape index (κ3) is 3.57. The molecule has 0 atom stereocenters. The van der Waals surface area contributed by atoms with E-state index in [4.69, 9.17) is 5.73 Å². The Kier molecular flexibility index (Phi) is 3.70. The van der Waals surface area contributed by atoms with Crippen LogP contribution in [0, 0.1) is 0 Å². The van der Waals surface area contributed by atoms with Crippen LogP contribution in [0.2, 0.25) is 0 Å². The van der Waals surface area contributed by atoms with Crippen LogP contribution in [-0.2, 0) is 12.1 Å². The normalized spacial score (nSPS) is 13.1. The van der Waals surface area contributed by atoms with Crippen molar-refractivity contribution in [3.8, 4) is 0 Å². The van der Waals surface area contributed by atoms with Crippen LogP contribution in [0.25, 0.3) is 0 Å². The predicted octanol–water partition coefficient (Wildman–Crippen LogP) is 0.568. The van der Waals surface area contributed by atoms with Crippen molar-refractivity contribution in [3.63, 3.8) is 0 Å². The molecule has 5 heteroatoms. The van der Waals surface area contributed by atoms with Gasteiger partial charge in [-0.05, 0) is 20.8 Å². The van der Waals surface area contributed by atoms with Crippen molar-refractivity contribution in [2.24, 2.45) is 5.73 Å². The van der Waals surface area contributed by atoms with Crippen molar-refractivity contribution < 1.29 is 4.48 Å². The van der Waals surface area contributed by atoms with Gasteiger partial charge >= 0.3 is 0 Å². The topological polar surface area (TPSA) is 56.7 Å². The van der Waals surface area contributed by atoms with Crippen molar-refractivity contribution in [2.75, 3.05) is 27.2 Å². The van der Waals surface area contributed by atoms with Crippen LogP contribution in [0.1, 0.15) is 26.5 Å². The highest BCUT2D eigenvalue weighted by Gasteiger charge is 2.19. The summed E-state index contributed by atoms with van der Waals surface area (Å²) in [4.78, 5) is 0. The summed E-state index contributed by atoms with van der Waals surface area (Å²) in [5, 5.41) is 8.19. The highest BCUT2D eigenvalue weighted by atomic mass is 15.4. The molecular formula is C11H24N5+. The first-order chi connectivity index (χ1) is 7.24. The minimum absolute atomic E-state index is 0.409. The molecule has 0 unspecified atom stereocenters. The second-order valence-electron chi connectivity index (χ2n) is 5.56. The van der Waals surface area contributed by atoms with Crippen LogP contribution in [-0.4, -0.2) is 46.7 Å². The number of quaternary nitrogens is 1. The summed E-state index contributed by atoms with van der Waals surface area (Å²) in [6.07, 6.45) is 1.94. The Labute approximate surface area is 97.8 Å². The van der Waals surface area contributed by atoms with Gasteiger partial charge in [-0.15, -0.1) is 5.10 Å². The summed E-state index contributed by atoms with van der Waals surface area (Å²) >= 11 is 0. The molecule has 1 aromatic rings. The minimum Gasteiger partial charge on any atom is -0.327 e. The summed E-state index contributed by atoms with van der Waals surface area (Å²) in [7, 11) is 4.43. The van der Waals surface area contributed by atoms with Crippen LogP contribution in [0.15, 0.2) is 6.20 Å². The van der Waals surface area contributed by atoms with Gasteiger partial charge in [-0.1, -0.05) is 5.21 Å². The summed E-state index contributed by atoms with van der Waals surface area (Å²) in [5.41, 5.74) is 6.39. The third-order valence-electron chi connectivity index (χ3n) is 2.99. The molecule has 0 aliphatic rings. The molecule has 0 fully saturated rings. The molecule has 0 spiro atoms. The monoisotopic (exact) mass is 226 g/mol. The summed E-state index contributed by atoms with van der Waals surface area (Å²) in [5.74, 6) is 0. The number of likely N-dealkylation sites (N-methyl/N-ethyl adjacent to an activating group) is 1. The standard InChI is InChI=1S/C11H24N5/c1-6-16(4,5)8-7-15-9-10(13-14-15)11(2,3)12/h9H,6-8,12H2,1-5H3/q+1. The average molecular weight is 226 g/mol. The zero-order valence-electron chi connectivity index (χ0n) is 11.1. The van der Waals surface area contributed by atoms with Gasteiger partial charge in [0.1, 0.15) is 5.69 Å². The summed E-state index contributed by atoms with van der Waals surface area (Å²) in [6.45, 7) is 9.11. The zero-order valence-corrected chi connectivity index (χ0v) is 11.1. The van der Waals surface area contributed by atoms with E-state index in [1.807, 2.05) is 24.7 Å². The van der Waals surface area contributed by atoms with Gasteiger partial charge in [0.05, 0.1) is 45.5 Å². The first kappa shape index (κ1) is 13.1. The first-order valence-electron chi connectivity index (χ1n) is 5.76. The number of nitrogens with zero attached hydrogens (tertiary/aromatic N) is 4. The maximum atomic E-state index is 5.96. The van der Waals surface area contributed by atoms with Crippen molar-refractivity contribution >= 4 is 0 Å². The molecule has 1 rings (SSSR count). The van der Waals surface area contributed by atoms with E-state index in [0.29, 0.717) is 0 Å². The van der Waals surface area contributed by atoms with E-state index in [1.165, 1.54) is 0 Å². The van der Waals surface area contributed by atoms with Crippen molar-refractivity contribution in [3.05, 3.63) is 11.9 Å². The summed E-state index contributed by atoms with van der Waals surface area (Å²) < 4.78 is 2.86. The molecule has 0 aliphatic carbocycles. The minimum atomic E-state index is -0.409. The Morgan fingerprint density at radius 1 is 1.44 bits per heavy atom. The van der Waals surface area contributed by atoms with Crippen LogP contribution in [0.5, 0.6) is 0 Å². The molecule has 16 heavy (non-hydrogen) atoms. The molecular weight excluding hydrogens is 202 g/mol. The maximum Gasteiger partial charge on any atom is 0.102 e. The fourth-order valence-corrected chi connectivity index (χ4v) is 1.23. The summed E-state index contributed by atoms with van der Waals surface area (Å²) in [6, 6.07) is 0. The smallest absolute Gasteiger partial charge is 0.102 e. The van der Waals surface area contributed by atoms with Crippen molar-refractivity contribution in [1.82, 2.24) is 15.0 Å². The molecule has 1 heterocycles. The van der Waals surface area contributed by atoms with Crippen LogP contribution in [0.4, 0.5) is 0 Å². The predicted molar refractivity (Wildman–Crippen MR) is 64.8 cm³/mol. The van der Waals surface area contributed by atoms with Gasteiger partial charge in [0.25, 0.3) is 0 Å². The Balaban J connectivity index is 2.60. The molecule has 0 aromatic carbocycles. The van der Waals surface area contributed by atoms with E-state index in [1.54, 1.807) is 0 Å². The van der Waals surface area contributed by atoms with Gasteiger partial charge in [0, 0.05) is 0 Å². The average Bonchev–Trinajstić information content (AvgIpc) is 2.63. The molecule has 0 amide bonds. The van der Waals surface area contributed by atoms with Crippen molar-refractivity contribution in [2.45, 2.75) is 32.9 Å². The molecule has 92 valence electrons. The highest BCUT2D eigenvalue weighted by Crippen LogP contribution is 2.12. The maximum absolute atomic E-state index is 5.96. The van der Waals surface area contributed by atoms with E-state index >= 15 is 0 Å². The number of hydrogen-bond donors (Lipinski definition) is 1. The molecule has 2 N–H and O–H groups in total. The number of nitrogens with two attached hydrogens (primary N) is 1. The molecule has 0 aliphatic heterocycles. The molecule has 0 saturated heterocycles. The second kappa shape index (κ2) is 4.51. The van der Waals surface area contributed by atoms with Gasteiger partial charge in [-0.3, -0.25) is 0 Å². The lowest BCUT2D eigenvalue weighted by atomic mass is 10.0. The van der Waals surface area contributed by atoms with E-state index in [9.17, 15) is 0 Å². The number of rotatable bonds is 5. The van der Waals surface area contributed by atoms with Crippen LogP contribution < -0.4 is 5.73 Å². The largest absolute Gasteiger partial charge is 0.327 e. The number of aromatic nitrogens is 3. The lowest BCUT2D eigenvalue weighted by molar-refractivity contribution is -0.889. The SMILES string of the molecule is CC[N+](C)(C)CCn1cc(C(C)(C)N)nn1. The van der Waals surface area contributed by atoms with Crippen molar-refractivity contribution in [1.29, 1.82) is 0 Å². The van der Waals surface area contributed by atoms with Crippen LogP contribution in [0.3, 0.4) is 0 Å². The Bertz CT molecular complexity index is 334. The van der Waals surface area contributed by atoms with E-state index in [0.717, 1.165) is 29.8 Å². The Morgan fingerprint density at radius 2 is 2.06 bits per heavy atom. The van der Waals surface area contributed by atoms with E-state index < -0.39 is 5.54 Å². The van der Waals surface area contributed by atoms with Gasteiger partial charge in [0.15, 0.2) is 0 Å². The molecule has 0 radical (unpaired) electrons. The fraction of sp³-hybridized carbons (Fsp3) is 0.818. The highest BCUT2D eigenvalue weighted by molar-refractivity contribution is 5.05. The molecule has 5 nitrogen and oxygen atoms in total. The van der Waals surface area contributed by atoms with Crippen LogP contribution >= 0.6 is 0 Å². The quantitative estimate of drug-likeness (QED) is 0.747. The lowest BCUT2D eigenvalue weighted by Crippen LogP contribution is -2.41. The zero-order chi connectivity index (χ0) is 12.4. The Hall–Kier alpha value is -0.940. The molecule has 0 saturated carbocycles. The number of hydrogen-bond acceptors (Lipinski definition) is 3. The van der Waals surface area contributed by atoms with Gasteiger partial charge in [0.2, 0.25) is 0 Å². The Morgan fingerprint density at radius 3 is 2.50 bits per heavy atom. The molecule has 0 bridgehead atoms. The van der Waals surface area contributed by atoms with E-state index in [-0.39, 0.29) is 0 Å². The van der Waals surface area contributed by atoms with Gasteiger partial charge in [-0.2, -0.15) is 0 Å².